The van der Waals surface area contributed by atoms with E-state index in [1.165, 1.54) is 19.4 Å². The molecule has 43 heavy (non-hydrogen) atoms. The fraction of sp³-hybridized carbons (Fsp3) is 0.387. The number of para-hydroxylation sites is 1. The van der Waals surface area contributed by atoms with Crippen molar-refractivity contribution in [1.29, 1.82) is 0 Å². The molecule has 0 spiro atoms. The normalized spacial score (nSPS) is 15.2. The van der Waals surface area contributed by atoms with Crippen molar-refractivity contribution in [3.63, 3.8) is 0 Å². The SMILES string of the molecule is COc1cc(N(C)CC2CCCN2C)c([N+](=O)[O-])cc1Nc1ncc(C(=O)OC(C)C)c(-c2cn(C)c3ccccc23)n1. The lowest BCUT2D eigenvalue weighted by molar-refractivity contribution is -0.384. The Morgan fingerprint density at radius 3 is 2.70 bits per heavy atom. The first-order valence-electron chi connectivity index (χ1n) is 14.2. The maximum Gasteiger partial charge on any atom is 0.342 e. The van der Waals surface area contributed by atoms with Gasteiger partial charge in [0.15, 0.2) is 0 Å². The Morgan fingerprint density at radius 2 is 2.02 bits per heavy atom. The van der Waals surface area contributed by atoms with E-state index in [9.17, 15) is 14.9 Å². The summed E-state index contributed by atoms with van der Waals surface area (Å²) in [4.78, 5) is 38.2. The van der Waals surface area contributed by atoms with Gasteiger partial charge in [-0.2, -0.15) is 0 Å². The van der Waals surface area contributed by atoms with Crippen molar-refractivity contribution in [2.75, 3.05) is 44.5 Å². The summed E-state index contributed by atoms with van der Waals surface area (Å²) >= 11 is 0. The van der Waals surface area contributed by atoms with Gasteiger partial charge < -0.3 is 29.2 Å². The van der Waals surface area contributed by atoms with Crippen molar-refractivity contribution in [1.82, 2.24) is 19.4 Å². The number of ether oxygens (including phenoxy) is 2. The molecule has 2 aromatic carbocycles. The van der Waals surface area contributed by atoms with E-state index >= 15 is 0 Å². The Kier molecular flexibility index (Phi) is 8.49. The number of hydrogen-bond acceptors (Lipinski definition) is 10. The maximum absolute atomic E-state index is 13.1. The van der Waals surface area contributed by atoms with Crippen LogP contribution in [-0.4, -0.2) is 76.8 Å². The van der Waals surface area contributed by atoms with Gasteiger partial charge in [0.1, 0.15) is 17.0 Å². The second kappa shape index (κ2) is 12.3. The first kappa shape index (κ1) is 29.8. The number of fused-ring (bicyclic) bond motifs is 1. The van der Waals surface area contributed by atoms with Crippen molar-refractivity contribution < 1.29 is 19.2 Å². The minimum atomic E-state index is -0.544. The van der Waals surface area contributed by atoms with Crippen LogP contribution in [0.3, 0.4) is 0 Å². The van der Waals surface area contributed by atoms with Crippen molar-refractivity contribution >= 4 is 39.9 Å². The van der Waals surface area contributed by atoms with Crippen molar-refractivity contribution in [2.24, 2.45) is 7.05 Å². The third-order valence-corrected chi connectivity index (χ3v) is 7.81. The number of anilines is 3. The Balaban J connectivity index is 1.55. The Hall–Kier alpha value is -4.71. The lowest BCUT2D eigenvalue weighted by Crippen LogP contribution is -2.36. The van der Waals surface area contributed by atoms with E-state index in [-0.39, 0.29) is 23.3 Å². The third-order valence-electron chi connectivity index (χ3n) is 7.81. The number of aromatic nitrogens is 3. The number of esters is 1. The van der Waals surface area contributed by atoms with Gasteiger partial charge in [0, 0.05) is 67.7 Å². The molecule has 1 aliphatic rings. The molecule has 2 aromatic heterocycles. The molecule has 3 heterocycles. The molecular formula is C31H37N7O5. The predicted octanol–water partition coefficient (Wildman–Crippen LogP) is 5.39. The molecule has 1 unspecified atom stereocenters. The summed E-state index contributed by atoms with van der Waals surface area (Å²) in [6, 6.07) is 11.2. The quantitative estimate of drug-likeness (QED) is 0.146. The number of aryl methyl sites for hydroxylation is 1. The second-order valence-electron chi connectivity index (χ2n) is 11.2. The minimum Gasteiger partial charge on any atom is -0.494 e. The summed E-state index contributed by atoms with van der Waals surface area (Å²) in [6.07, 6.45) is 5.14. The first-order chi connectivity index (χ1) is 20.6. The zero-order valence-corrected chi connectivity index (χ0v) is 25.3. The standard InChI is InChI=1S/C31H37N7O5/c1-19(2)43-30(39)22-16-32-31(34-29(22)23-18-37(5)25-12-8-7-11-21(23)25)33-24-14-27(38(40)41)26(15-28(24)42-6)36(4)17-20-10-9-13-35(20)3/h7-8,11-12,14-16,18-20H,9-10,13,17H2,1-6H3,(H,32,33,34). The number of nitrogens with zero attached hydrogens (tertiary/aromatic N) is 6. The largest absolute Gasteiger partial charge is 0.494 e. The van der Waals surface area contributed by atoms with Gasteiger partial charge in [0.2, 0.25) is 5.95 Å². The van der Waals surface area contributed by atoms with Crippen molar-refractivity contribution in [3.8, 4) is 17.0 Å². The number of methoxy groups -OCH3 is 1. The number of benzene rings is 2. The monoisotopic (exact) mass is 587 g/mol. The van der Waals surface area contributed by atoms with Crippen LogP contribution in [0.2, 0.25) is 0 Å². The predicted molar refractivity (Wildman–Crippen MR) is 166 cm³/mol. The average molecular weight is 588 g/mol. The molecule has 0 radical (unpaired) electrons. The highest BCUT2D eigenvalue weighted by atomic mass is 16.6. The Morgan fingerprint density at radius 1 is 1.26 bits per heavy atom. The van der Waals surface area contributed by atoms with E-state index < -0.39 is 10.9 Å². The number of rotatable bonds is 10. The maximum atomic E-state index is 13.1. The summed E-state index contributed by atoms with van der Waals surface area (Å²) in [5.41, 5.74) is 2.99. The molecule has 12 nitrogen and oxygen atoms in total. The lowest BCUT2D eigenvalue weighted by atomic mass is 10.1. The molecule has 226 valence electrons. The van der Waals surface area contributed by atoms with Gasteiger partial charge in [-0.05, 0) is 46.3 Å². The van der Waals surface area contributed by atoms with Gasteiger partial charge in [-0.3, -0.25) is 10.1 Å². The summed E-state index contributed by atoms with van der Waals surface area (Å²) in [6.45, 7) is 5.22. The van der Waals surface area contributed by atoms with Gasteiger partial charge in [-0.1, -0.05) is 18.2 Å². The number of likely N-dealkylation sites (tertiary alicyclic amines) is 1. The summed E-state index contributed by atoms with van der Waals surface area (Å²) < 4.78 is 13.1. The number of nitro groups is 1. The molecule has 0 saturated carbocycles. The van der Waals surface area contributed by atoms with Crippen LogP contribution in [0.1, 0.15) is 37.0 Å². The van der Waals surface area contributed by atoms with Gasteiger partial charge in [0.25, 0.3) is 5.69 Å². The fourth-order valence-electron chi connectivity index (χ4n) is 5.63. The average Bonchev–Trinajstić information content (AvgIpc) is 3.54. The second-order valence-corrected chi connectivity index (χ2v) is 11.2. The molecule has 4 aromatic rings. The number of likely N-dealkylation sites (N-methyl/N-ethyl adjacent to an activating group) is 2. The molecule has 1 fully saturated rings. The van der Waals surface area contributed by atoms with E-state index in [1.54, 1.807) is 19.9 Å². The van der Waals surface area contributed by atoms with Crippen LogP contribution in [-0.2, 0) is 11.8 Å². The van der Waals surface area contributed by atoms with E-state index in [4.69, 9.17) is 14.5 Å². The van der Waals surface area contributed by atoms with Crippen LogP contribution in [0.25, 0.3) is 22.2 Å². The molecule has 5 rings (SSSR count). The van der Waals surface area contributed by atoms with Crippen molar-refractivity contribution in [2.45, 2.75) is 38.8 Å². The zero-order chi connectivity index (χ0) is 30.8. The van der Waals surface area contributed by atoms with Crippen LogP contribution in [0.5, 0.6) is 5.75 Å². The molecule has 1 N–H and O–H groups in total. The highest BCUT2D eigenvalue weighted by Gasteiger charge is 2.28. The van der Waals surface area contributed by atoms with E-state index in [0.717, 1.165) is 35.9 Å². The highest BCUT2D eigenvalue weighted by molar-refractivity contribution is 6.03. The lowest BCUT2D eigenvalue weighted by Gasteiger charge is -2.27. The highest BCUT2D eigenvalue weighted by Crippen LogP contribution is 2.40. The van der Waals surface area contributed by atoms with Crippen molar-refractivity contribution in [3.05, 3.63) is 64.5 Å². The van der Waals surface area contributed by atoms with E-state index in [2.05, 4.69) is 22.2 Å². The minimum absolute atomic E-state index is 0.0714. The first-order valence-corrected chi connectivity index (χ1v) is 14.2. The fourth-order valence-corrected chi connectivity index (χ4v) is 5.63. The molecule has 12 heteroatoms. The molecule has 1 aliphatic heterocycles. The molecule has 1 atom stereocenters. The molecule has 0 amide bonds. The Labute approximate surface area is 250 Å². The number of carbonyl (C=O) groups excluding carboxylic acids is 1. The molecular weight excluding hydrogens is 550 g/mol. The van der Waals surface area contributed by atoms with Crippen LogP contribution < -0.4 is 15.0 Å². The summed E-state index contributed by atoms with van der Waals surface area (Å²) in [5, 5.41) is 16.2. The van der Waals surface area contributed by atoms with Crippen LogP contribution in [0, 0.1) is 10.1 Å². The van der Waals surface area contributed by atoms with E-state index in [1.807, 2.05) is 54.0 Å². The zero-order valence-electron chi connectivity index (χ0n) is 25.3. The van der Waals surface area contributed by atoms with Crippen LogP contribution in [0.4, 0.5) is 23.0 Å². The van der Waals surface area contributed by atoms with Gasteiger partial charge in [-0.25, -0.2) is 14.8 Å². The molecule has 0 bridgehead atoms. The molecule has 0 aliphatic carbocycles. The molecule has 1 saturated heterocycles. The van der Waals surface area contributed by atoms with Gasteiger partial charge >= 0.3 is 5.97 Å². The number of nitro benzene ring substituents is 1. The third kappa shape index (κ3) is 6.09. The summed E-state index contributed by atoms with van der Waals surface area (Å²) in [7, 11) is 7.36. The van der Waals surface area contributed by atoms with Crippen LogP contribution >= 0.6 is 0 Å². The Bertz CT molecular complexity index is 1670. The smallest absolute Gasteiger partial charge is 0.342 e. The number of carbonyl (C=O) groups is 1. The van der Waals surface area contributed by atoms with Gasteiger partial charge in [0.05, 0.1) is 29.5 Å². The van der Waals surface area contributed by atoms with Gasteiger partial charge in [-0.15, -0.1) is 0 Å². The number of hydrogen-bond donors (Lipinski definition) is 1. The van der Waals surface area contributed by atoms with E-state index in [0.29, 0.717) is 35.4 Å². The van der Waals surface area contributed by atoms with Crippen LogP contribution in [0.15, 0.2) is 48.8 Å². The summed E-state index contributed by atoms with van der Waals surface area (Å²) in [5.74, 6) is -0.00542. The number of nitrogens with one attached hydrogen (secondary N) is 1. The topological polar surface area (TPSA) is 128 Å².